The largest absolute Gasteiger partial charge is 0.353 e. The van der Waals surface area contributed by atoms with E-state index in [0.29, 0.717) is 19.0 Å². The van der Waals surface area contributed by atoms with Gasteiger partial charge in [0.15, 0.2) is 0 Å². The SMILES string of the molecule is Cc1nccn1CCNC(=O)CN1CC[C@@H](c2ccccc2)C1. The molecule has 3 rings (SSSR count). The Balaban J connectivity index is 1.40. The van der Waals surface area contributed by atoms with Crippen LogP contribution in [0.2, 0.25) is 0 Å². The van der Waals surface area contributed by atoms with E-state index in [1.54, 1.807) is 6.20 Å². The smallest absolute Gasteiger partial charge is 0.234 e. The van der Waals surface area contributed by atoms with Crippen LogP contribution >= 0.6 is 0 Å². The van der Waals surface area contributed by atoms with E-state index >= 15 is 0 Å². The van der Waals surface area contributed by atoms with Crippen LogP contribution in [-0.4, -0.2) is 46.5 Å². The van der Waals surface area contributed by atoms with Crippen molar-refractivity contribution in [1.29, 1.82) is 0 Å². The van der Waals surface area contributed by atoms with Gasteiger partial charge in [-0.2, -0.15) is 0 Å². The molecule has 2 heterocycles. The Labute approximate surface area is 137 Å². The fraction of sp³-hybridized carbons (Fsp3) is 0.444. The first-order valence-electron chi connectivity index (χ1n) is 8.24. The van der Waals surface area contributed by atoms with Crippen LogP contribution in [0.4, 0.5) is 0 Å². The Bertz CT molecular complexity index is 637. The molecule has 0 spiro atoms. The monoisotopic (exact) mass is 312 g/mol. The standard InChI is InChI=1S/C18H24N4O/c1-15-19-8-11-22(15)12-9-20-18(23)14-21-10-7-17(13-21)16-5-3-2-4-6-16/h2-6,8,11,17H,7,9-10,12-14H2,1H3,(H,20,23)/t17-/m1/s1. The zero-order chi connectivity index (χ0) is 16.1. The minimum absolute atomic E-state index is 0.108. The molecule has 0 unspecified atom stereocenters. The third-order valence-corrected chi connectivity index (χ3v) is 4.51. The molecule has 0 saturated carbocycles. The van der Waals surface area contributed by atoms with E-state index < -0.39 is 0 Å². The number of likely N-dealkylation sites (tertiary alicyclic amines) is 1. The summed E-state index contributed by atoms with van der Waals surface area (Å²) < 4.78 is 2.04. The van der Waals surface area contributed by atoms with Crippen molar-refractivity contribution in [3.8, 4) is 0 Å². The molecule has 1 aliphatic heterocycles. The third kappa shape index (κ3) is 4.20. The van der Waals surface area contributed by atoms with Gasteiger partial charge in [0.2, 0.25) is 5.91 Å². The number of imidazole rings is 1. The third-order valence-electron chi connectivity index (χ3n) is 4.51. The van der Waals surface area contributed by atoms with Gasteiger partial charge in [-0.3, -0.25) is 9.69 Å². The van der Waals surface area contributed by atoms with Gasteiger partial charge in [0.25, 0.3) is 0 Å². The number of nitrogens with zero attached hydrogens (tertiary/aromatic N) is 3. The van der Waals surface area contributed by atoms with Crippen LogP contribution in [0, 0.1) is 6.92 Å². The first-order valence-corrected chi connectivity index (χ1v) is 8.24. The predicted octanol–water partition coefficient (Wildman–Crippen LogP) is 1.80. The van der Waals surface area contributed by atoms with Crippen LogP contribution in [0.3, 0.4) is 0 Å². The van der Waals surface area contributed by atoms with Crippen molar-refractivity contribution in [2.45, 2.75) is 25.8 Å². The molecule has 1 atom stereocenters. The summed E-state index contributed by atoms with van der Waals surface area (Å²) in [5.74, 6) is 1.64. The van der Waals surface area contributed by atoms with Crippen LogP contribution in [0.15, 0.2) is 42.7 Å². The maximum absolute atomic E-state index is 12.1. The second-order valence-corrected chi connectivity index (χ2v) is 6.15. The van der Waals surface area contributed by atoms with E-state index in [1.807, 2.05) is 23.8 Å². The number of nitrogens with one attached hydrogen (secondary N) is 1. The average Bonchev–Trinajstić information content (AvgIpc) is 3.18. The molecule has 0 aliphatic carbocycles. The van der Waals surface area contributed by atoms with Gasteiger partial charge in [-0.1, -0.05) is 30.3 Å². The van der Waals surface area contributed by atoms with Gasteiger partial charge < -0.3 is 9.88 Å². The second-order valence-electron chi connectivity index (χ2n) is 6.15. The second kappa shape index (κ2) is 7.42. The summed E-state index contributed by atoms with van der Waals surface area (Å²) in [5.41, 5.74) is 1.38. The minimum atomic E-state index is 0.108. The van der Waals surface area contributed by atoms with Crippen molar-refractivity contribution in [1.82, 2.24) is 19.8 Å². The molecule has 0 bridgehead atoms. The van der Waals surface area contributed by atoms with Gasteiger partial charge in [-0.15, -0.1) is 0 Å². The highest BCUT2D eigenvalue weighted by molar-refractivity contribution is 5.78. The molecule has 2 aromatic rings. The average molecular weight is 312 g/mol. The molecule has 1 amide bonds. The highest BCUT2D eigenvalue weighted by atomic mass is 16.2. The summed E-state index contributed by atoms with van der Waals surface area (Å²) in [6, 6.07) is 10.6. The zero-order valence-corrected chi connectivity index (χ0v) is 13.6. The van der Waals surface area contributed by atoms with Gasteiger partial charge in [0.05, 0.1) is 6.54 Å². The Morgan fingerprint density at radius 3 is 2.91 bits per heavy atom. The van der Waals surface area contributed by atoms with E-state index in [2.05, 4.69) is 39.5 Å². The van der Waals surface area contributed by atoms with Gasteiger partial charge in [-0.25, -0.2) is 4.98 Å². The lowest BCUT2D eigenvalue weighted by molar-refractivity contribution is -0.122. The Morgan fingerprint density at radius 1 is 1.35 bits per heavy atom. The van der Waals surface area contributed by atoms with Crippen molar-refractivity contribution in [3.63, 3.8) is 0 Å². The summed E-state index contributed by atoms with van der Waals surface area (Å²) in [6.45, 7) is 5.84. The summed E-state index contributed by atoms with van der Waals surface area (Å²) in [7, 11) is 0. The summed E-state index contributed by atoms with van der Waals surface area (Å²) in [5, 5.41) is 3.00. The van der Waals surface area contributed by atoms with Crippen LogP contribution in [0.5, 0.6) is 0 Å². The molecule has 5 heteroatoms. The maximum Gasteiger partial charge on any atom is 0.234 e. The fourth-order valence-corrected chi connectivity index (χ4v) is 3.19. The van der Waals surface area contributed by atoms with Crippen molar-refractivity contribution in [3.05, 3.63) is 54.1 Å². The number of carbonyl (C=O) groups is 1. The molecule has 1 saturated heterocycles. The van der Waals surface area contributed by atoms with E-state index in [9.17, 15) is 4.79 Å². The van der Waals surface area contributed by atoms with Gasteiger partial charge in [-0.05, 0) is 31.4 Å². The van der Waals surface area contributed by atoms with Crippen LogP contribution in [0.1, 0.15) is 23.7 Å². The first-order chi connectivity index (χ1) is 11.2. The number of hydrogen-bond donors (Lipinski definition) is 1. The van der Waals surface area contributed by atoms with E-state index in [4.69, 9.17) is 0 Å². The summed E-state index contributed by atoms with van der Waals surface area (Å²) in [6.07, 6.45) is 4.85. The lowest BCUT2D eigenvalue weighted by Gasteiger charge is -2.16. The van der Waals surface area contributed by atoms with Crippen LogP contribution < -0.4 is 5.32 Å². The van der Waals surface area contributed by atoms with Crippen molar-refractivity contribution in [2.75, 3.05) is 26.2 Å². The van der Waals surface area contributed by atoms with Crippen LogP contribution in [-0.2, 0) is 11.3 Å². The van der Waals surface area contributed by atoms with Crippen LogP contribution in [0.25, 0.3) is 0 Å². The van der Waals surface area contributed by atoms with E-state index in [1.165, 1.54) is 5.56 Å². The molecule has 122 valence electrons. The molecule has 5 nitrogen and oxygen atoms in total. The molecule has 1 aliphatic rings. The van der Waals surface area contributed by atoms with Gasteiger partial charge >= 0.3 is 0 Å². The van der Waals surface area contributed by atoms with Gasteiger partial charge in [0.1, 0.15) is 5.82 Å². The molecule has 1 aromatic heterocycles. The fourth-order valence-electron chi connectivity index (χ4n) is 3.19. The molecule has 23 heavy (non-hydrogen) atoms. The summed E-state index contributed by atoms with van der Waals surface area (Å²) in [4.78, 5) is 18.5. The van der Waals surface area contributed by atoms with Crippen molar-refractivity contribution < 1.29 is 4.79 Å². The van der Waals surface area contributed by atoms with Crippen molar-refractivity contribution in [2.24, 2.45) is 0 Å². The predicted molar refractivity (Wildman–Crippen MR) is 90.2 cm³/mol. The number of carbonyl (C=O) groups excluding carboxylic acids is 1. The highest BCUT2D eigenvalue weighted by Crippen LogP contribution is 2.26. The topological polar surface area (TPSA) is 50.2 Å². The number of rotatable bonds is 6. The normalized spacial score (nSPS) is 18.2. The zero-order valence-electron chi connectivity index (χ0n) is 13.6. The quantitative estimate of drug-likeness (QED) is 0.885. The number of amides is 1. The molecule has 1 fully saturated rings. The maximum atomic E-state index is 12.1. The lowest BCUT2D eigenvalue weighted by atomic mass is 9.99. The first kappa shape index (κ1) is 15.7. The number of benzene rings is 1. The molecular formula is C18H24N4O. The molecule has 0 radical (unpaired) electrons. The highest BCUT2D eigenvalue weighted by Gasteiger charge is 2.24. The Hall–Kier alpha value is -2.14. The Morgan fingerprint density at radius 2 is 2.17 bits per heavy atom. The summed E-state index contributed by atoms with van der Waals surface area (Å²) >= 11 is 0. The van der Waals surface area contributed by atoms with E-state index in [-0.39, 0.29) is 5.91 Å². The number of hydrogen-bond acceptors (Lipinski definition) is 3. The minimum Gasteiger partial charge on any atom is -0.353 e. The number of aryl methyl sites for hydroxylation is 1. The number of aromatic nitrogens is 2. The Kier molecular flexibility index (Phi) is 5.08. The molecular weight excluding hydrogens is 288 g/mol. The van der Waals surface area contributed by atoms with Gasteiger partial charge in [0, 0.05) is 32.0 Å². The molecule has 1 N–H and O–H groups in total. The molecule has 1 aromatic carbocycles. The lowest BCUT2D eigenvalue weighted by Crippen LogP contribution is -2.37. The van der Waals surface area contributed by atoms with Crippen molar-refractivity contribution >= 4 is 5.91 Å². The van der Waals surface area contributed by atoms with E-state index in [0.717, 1.165) is 31.9 Å².